The van der Waals surface area contributed by atoms with Gasteiger partial charge >= 0.3 is 6.18 Å². The van der Waals surface area contributed by atoms with Gasteiger partial charge in [-0.25, -0.2) is 0 Å². The van der Waals surface area contributed by atoms with E-state index in [0.29, 0.717) is 21.0 Å². The maximum atomic E-state index is 12.8. The topological polar surface area (TPSA) is 56.5 Å². The SMILES string of the molecule is Cn1c(-c2cc(C(F)(F)F)ccn2)nnc1-c1ncc(Br)cc1Cl. The van der Waals surface area contributed by atoms with Crippen LogP contribution in [0.3, 0.4) is 0 Å². The zero-order valence-corrected chi connectivity index (χ0v) is 14.4. The molecule has 0 bridgehead atoms. The minimum absolute atomic E-state index is 0.0549. The molecule has 3 aromatic heterocycles. The second kappa shape index (κ2) is 6.14. The molecular weight excluding hydrogens is 411 g/mol. The summed E-state index contributed by atoms with van der Waals surface area (Å²) >= 11 is 9.39. The Bertz CT molecular complexity index is 910. The molecule has 3 aromatic rings. The molecule has 0 spiro atoms. The average molecular weight is 419 g/mol. The normalized spacial score (nSPS) is 11.8. The molecule has 0 radical (unpaired) electrons. The van der Waals surface area contributed by atoms with Crippen molar-refractivity contribution in [2.24, 2.45) is 7.05 Å². The molecule has 0 unspecified atom stereocenters. The molecule has 5 nitrogen and oxygen atoms in total. The summed E-state index contributed by atoms with van der Waals surface area (Å²) in [5, 5.41) is 8.23. The fourth-order valence-electron chi connectivity index (χ4n) is 2.07. The van der Waals surface area contributed by atoms with Crippen LogP contribution in [-0.4, -0.2) is 24.7 Å². The molecule has 0 fully saturated rings. The molecule has 0 saturated carbocycles. The molecule has 124 valence electrons. The van der Waals surface area contributed by atoms with Gasteiger partial charge in [-0.1, -0.05) is 11.6 Å². The predicted octanol–water partition coefficient (Wildman–Crippen LogP) is 4.37. The quantitative estimate of drug-likeness (QED) is 0.620. The van der Waals surface area contributed by atoms with E-state index in [0.717, 1.165) is 18.3 Å². The van der Waals surface area contributed by atoms with Crippen LogP contribution < -0.4 is 0 Å². The zero-order chi connectivity index (χ0) is 17.5. The van der Waals surface area contributed by atoms with E-state index < -0.39 is 11.7 Å². The Kier molecular flexibility index (Phi) is 4.31. The lowest BCUT2D eigenvalue weighted by Crippen LogP contribution is -2.06. The molecule has 0 atom stereocenters. The molecule has 3 heterocycles. The maximum absolute atomic E-state index is 12.8. The molecule has 0 N–H and O–H groups in total. The minimum atomic E-state index is -4.46. The number of halogens is 5. The van der Waals surface area contributed by atoms with E-state index in [1.54, 1.807) is 13.1 Å². The average Bonchev–Trinajstić information content (AvgIpc) is 2.88. The van der Waals surface area contributed by atoms with E-state index in [1.165, 1.54) is 10.8 Å². The van der Waals surface area contributed by atoms with Gasteiger partial charge in [-0.15, -0.1) is 10.2 Å². The van der Waals surface area contributed by atoms with E-state index in [9.17, 15) is 13.2 Å². The molecule has 0 aliphatic rings. The van der Waals surface area contributed by atoms with E-state index in [-0.39, 0.29) is 11.5 Å². The van der Waals surface area contributed by atoms with E-state index >= 15 is 0 Å². The van der Waals surface area contributed by atoms with Crippen LogP contribution in [-0.2, 0) is 13.2 Å². The molecule has 24 heavy (non-hydrogen) atoms. The smallest absolute Gasteiger partial charge is 0.307 e. The van der Waals surface area contributed by atoms with Crippen molar-refractivity contribution in [2.75, 3.05) is 0 Å². The lowest BCUT2D eigenvalue weighted by atomic mass is 10.2. The predicted molar refractivity (Wildman–Crippen MR) is 85.2 cm³/mol. The lowest BCUT2D eigenvalue weighted by Gasteiger charge is -2.08. The van der Waals surface area contributed by atoms with Crippen molar-refractivity contribution in [1.29, 1.82) is 0 Å². The number of rotatable bonds is 2. The summed E-state index contributed by atoms with van der Waals surface area (Å²) in [5.74, 6) is 0.499. The van der Waals surface area contributed by atoms with E-state index in [4.69, 9.17) is 11.6 Å². The maximum Gasteiger partial charge on any atom is 0.416 e. The minimum Gasteiger partial charge on any atom is -0.307 e. The third kappa shape index (κ3) is 3.13. The second-order valence-corrected chi connectivity index (χ2v) is 6.14. The number of aromatic nitrogens is 5. The fourth-order valence-corrected chi connectivity index (χ4v) is 2.78. The Balaban J connectivity index is 2.08. The third-order valence-electron chi connectivity index (χ3n) is 3.21. The summed E-state index contributed by atoms with van der Waals surface area (Å²) in [7, 11) is 1.60. The molecule has 0 amide bonds. The Morgan fingerprint density at radius 3 is 2.50 bits per heavy atom. The Hall–Kier alpha value is -2.00. The summed E-state index contributed by atoms with van der Waals surface area (Å²) in [6, 6.07) is 3.46. The van der Waals surface area contributed by atoms with Gasteiger partial charge in [0.2, 0.25) is 0 Å². The standard InChI is InChI=1S/C14H8BrClF3N5/c1-24-12(10-4-7(2-3-20-10)14(17,18)19)22-23-13(24)11-9(16)5-8(15)6-21-11/h2-6H,1H3. The van der Waals surface area contributed by atoms with Gasteiger partial charge in [0.1, 0.15) is 11.4 Å². The first kappa shape index (κ1) is 16.8. The number of hydrogen-bond donors (Lipinski definition) is 0. The largest absolute Gasteiger partial charge is 0.416 e. The highest BCUT2D eigenvalue weighted by Crippen LogP contribution is 2.32. The number of hydrogen-bond acceptors (Lipinski definition) is 4. The molecule has 0 saturated heterocycles. The van der Waals surface area contributed by atoms with Crippen molar-refractivity contribution >= 4 is 27.5 Å². The molecule has 10 heteroatoms. The van der Waals surface area contributed by atoms with Crippen molar-refractivity contribution in [3.8, 4) is 23.0 Å². The van der Waals surface area contributed by atoms with Crippen LogP contribution in [0, 0.1) is 0 Å². The van der Waals surface area contributed by atoms with Crippen LogP contribution >= 0.6 is 27.5 Å². The van der Waals surface area contributed by atoms with Gasteiger partial charge in [-0.05, 0) is 34.1 Å². The van der Waals surface area contributed by atoms with Gasteiger partial charge in [0.05, 0.1) is 10.6 Å². The van der Waals surface area contributed by atoms with Crippen molar-refractivity contribution in [1.82, 2.24) is 24.7 Å². The van der Waals surface area contributed by atoms with Gasteiger partial charge in [-0.2, -0.15) is 13.2 Å². The molecule has 0 aliphatic heterocycles. The van der Waals surface area contributed by atoms with Crippen molar-refractivity contribution < 1.29 is 13.2 Å². The summed E-state index contributed by atoms with van der Waals surface area (Å²) in [6.45, 7) is 0. The van der Waals surface area contributed by atoms with Crippen LogP contribution in [0.15, 0.2) is 35.1 Å². The van der Waals surface area contributed by atoms with Crippen LogP contribution in [0.25, 0.3) is 23.0 Å². The molecule has 3 rings (SSSR count). The fraction of sp³-hybridized carbons (Fsp3) is 0.143. The van der Waals surface area contributed by atoms with Crippen molar-refractivity contribution in [3.63, 3.8) is 0 Å². The molecular formula is C14H8BrClF3N5. The summed E-state index contributed by atoms with van der Waals surface area (Å²) in [5.41, 5.74) is -0.385. The van der Waals surface area contributed by atoms with Gasteiger partial charge in [-0.3, -0.25) is 9.97 Å². The van der Waals surface area contributed by atoms with Crippen molar-refractivity contribution in [2.45, 2.75) is 6.18 Å². The van der Waals surface area contributed by atoms with Crippen LogP contribution in [0.1, 0.15) is 5.56 Å². The summed E-state index contributed by atoms with van der Waals surface area (Å²) < 4.78 is 40.7. The monoisotopic (exact) mass is 417 g/mol. The third-order valence-corrected chi connectivity index (χ3v) is 3.93. The highest BCUT2D eigenvalue weighted by atomic mass is 79.9. The highest BCUT2D eigenvalue weighted by molar-refractivity contribution is 9.10. The highest BCUT2D eigenvalue weighted by Gasteiger charge is 2.31. The Morgan fingerprint density at radius 2 is 1.83 bits per heavy atom. The summed E-state index contributed by atoms with van der Waals surface area (Å²) in [4.78, 5) is 8.11. The van der Waals surface area contributed by atoms with Gasteiger partial charge in [0.25, 0.3) is 0 Å². The van der Waals surface area contributed by atoms with E-state index in [2.05, 4.69) is 36.1 Å². The van der Waals surface area contributed by atoms with Crippen LogP contribution in [0.5, 0.6) is 0 Å². The number of nitrogens with zero attached hydrogens (tertiary/aromatic N) is 5. The van der Waals surface area contributed by atoms with Crippen molar-refractivity contribution in [3.05, 3.63) is 45.7 Å². The van der Waals surface area contributed by atoms with Gasteiger partial charge in [0, 0.05) is 23.9 Å². The second-order valence-electron chi connectivity index (χ2n) is 4.82. The number of pyridine rings is 2. The lowest BCUT2D eigenvalue weighted by molar-refractivity contribution is -0.137. The van der Waals surface area contributed by atoms with Gasteiger partial charge < -0.3 is 4.57 Å². The zero-order valence-electron chi connectivity index (χ0n) is 12.0. The first-order valence-electron chi connectivity index (χ1n) is 6.52. The van der Waals surface area contributed by atoms with Crippen LogP contribution in [0.2, 0.25) is 5.02 Å². The first-order chi connectivity index (χ1) is 11.3. The Morgan fingerprint density at radius 1 is 1.12 bits per heavy atom. The van der Waals surface area contributed by atoms with Crippen LogP contribution in [0.4, 0.5) is 13.2 Å². The molecule has 0 aromatic carbocycles. The van der Waals surface area contributed by atoms with Gasteiger partial charge in [0.15, 0.2) is 11.6 Å². The first-order valence-corrected chi connectivity index (χ1v) is 7.69. The number of alkyl halides is 3. The summed E-state index contributed by atoms with van der Waals surface area (Å²) in [6.07, 6.45) is -1.84. The molecule has 0 aliphatic carbocycles. The Labute approximate surface area is 147 Å². The van der Waals surface area contributed by atoms with E-state index in [1.807, 2.05) is 0 Å².